The van der Waals surface area contributed by atoms with Crippen molar-refractivity contribution in [1.82, 2.24) is 10.3 Å². The number of benzene rings is 2. The number of hydrazone groups is 1. The van der Waals surface area contributed by atoms with Gasteiger partial charge in [0.2, 0.25) is 0 Å². The van der Waals surface area contributed by atoms with Crippen molar-refractivity contribution in [3.8, 4) is 5.75 Å². The molecule has 0 atom stereocenters. The highest BCUT2D eigenvalue weighted by atomic mass is 79.9. The lowest BCUT2D eigenvalue weighted by molar-refractivity contribution is -0.136. The number of ether oxygens (including phenoxy) is 2. The summed E-state index contributed by atoms with van der Waals surface area (Å²) >= 11 is 3.39. The van der Waals surface area contributed by atoms with Crippen LogP contribution < -0.4 is 15.5 Å². The van der Waals surface area contributed by atoms with Gasteiger partial charge in [-0.2, -0.15) is 5.10 Å². The molecule has 0 bridgehead atoms. The second kappa shape index (κ2) is 11.9. The van der Waals surface area contributed by atoms with E-state index in [4.69, 9.17) is 9.47 Å². The Kier molecular flexibility index (Phi) is 8.73. The van der Waals surface area contributed by atoms with Crippen LogP contribution in [0.25, 0.3) is 0 Å². The van der Waals surface area contributed by atoms with Crippen LogP contribution in [0.3, 0.4) is 0 Å². The minimum absolute atomic E-state index is 0.240. The summed E-state index contributed by atoms with van der Waals surface area (Å²) in [5.41, 5.74) is 3.36. The van der Waals surface area contributed by atoms with E-state index in [1.807, 2.05) is 0 Å². The molecule has 2 aromatic rings. The lowest BCUT2D eigenvalue weighted by Crippen LogP contribution is -2.41. The van der Waals surface area contributed by atoms with Crippen molar-refractivity contribution in [2.75, 3.05) is 38.2 Å². The van der Waals surface area contributed by atoms with Gasteiger partial charge in [0.25, 0.3) is 5.91 Å². The molecule has 1 aliphatic heterocycles. The Hall–Kier alpha value is -3.50. The van der Waals surface area contributed by atoms with E-state index in [0.717, 1.165) is 4.47 Å². The Morgan fingerprint density at radius 1 is 1.15 bits per heavy atom. The number of morpholine rings is 1. The SMILES string of the molecule is C=CCOc1ccc(Br)c(/C=N/NC(=O)C(=O)Nc2ccccc2C(=O)N2CCOCC2)c1. The van der Waals surface area contributed by atoms with E-state index in [0.29, 0.717) is 49.8 Å². The molecule has 3 rings (SSSR count). The van der Waals surface area contributed by atoms with Crippen molar-refractivity contribution in [2.45, 2.75) is 0 Å². The van der Waals surface area contributed by atoms with Gasteiger partial charge in [0.05, 0.1) is 30.7 Å². The largest absolute Gasteiger partial charge is 0.490 e. The third-order valence-electron chi connectivity index (χ3n) is 4.62. The van der Waals surface area contributed by atoms with Crippen LogP contribution in [0.5, 0.6) is 5.75 Å². The maximum absolute atomic E-state index is 12.8. The summed E-state index contributed by atoms with van der Waals surface area (Å²) in [7, 11) is 0. The average Bonchev–Trinajstić information content (AvgIpc) is 2.84. The number of nitrogens with one attached hydrogen (secondary N) is 2. The lowest BCUT2D eigenvalue weighted by atomic mass is 10.1. The van der Waals surface area contributed by atoms with Gasteiger partial charge in [-0.15, -0.1) is 0 Å². The standard InChI is InChI=1S/C23H23BrN4O5/c1-2-11-33-17-7-8-19(24)16(14-17)15-25-27-22(30)21(29)26-20-6-4-3-5-18(20)23(31)28-9-12-32-13-10-28/h2-8,14-15H,1,9-13H2,(H,26,29)(H,27,30)/b25-15+. The predicted molar refractivity (Wildman–Crippen MR) is 127 cm³/mol. The van der Waals surface area contributed by atoms with Gasteiger partial charge in [-0.25, -0.2) is 5.43 Å². The molecule has 0 unspecified atom stereocenters. The molecule has 1 aliphatic rings. The zero-order valence-corrected chi connectivity index (χ0v) is 19.3. The van der Waals surface area contributed by atoms with Crippen LogP contribution in [0.1, 0.15) is 15.9 Å². The van der Waals surface area contributed by atoms with Crippen molar-refractivity contribution in [2.24, 2.45) is 5.10 Å². The Balaban J connectivity index is 1.62. The summed E-state index contributed by atoms with van der Waals surface area (Å²) in [5, 5.41) is 6.32. The number of amides is 3. The number of nitrogens with zero attached hydrogens (tertiary/aromatic N) is 2. The van der Waals surface area contributed by atoms with E-state index < -0.39 is 11.8 Å². The van der Waals surface area contributed by atoms with Gasteiger partial charge in [0.1, 0.15) is 12.4 Å². The number of rotatable bonds is 7. The summed E-state index contributed by atoms with van der Waals surface area (Å²) in [6, 6.07) is 11.8. The Morgan fingerprint density at radius 3 is 2.67 bits per heavy atom. The summed E-state index contributed by atoms with van der Waals surface area (Å²) in [5.74, 6) is -1.56. The van der Waals surface area contributed by atoms with Crippen LogP contribution in [-0.2, 0) is 14.3 Å². The summed E-state index contributed by atoms with van der Waals surface area (Å²) in [4.78, 5) is 39.0. The Morgan fingerprint density at radius 2 is 1.91 bits per heavy atom. The van der Waals surface area contributed by atoms with E-state index in [9.17, 15) is 14.4 Å². The highest BCUT2D eigenvalue weighted by molar-refractivity contribution is 9.10. The van der Waals surface area contributed by atoms with E-state index in [1.54, 1.807) is 53.4 Å². The Labute approximate surface area is 199 Å². The number of hydrogen-bond acceptors (Lipinski definition) is 6. The smallest absolute Gasteiger partial charge is 0.329 e. The van der Waals surface area contributed by atoms with Gasteiger partial charge in [-0.3, -0.25) is 14.4 Å². The predicted octanol–water partition coefficient (Wildman–Crippen LogP) is 2.58. The molecular weight excluding hydrogens is 492 g/mol. The molecule has 1 fully saturated rings. The van der Waals surface area contributed by atoms with Crippen molar-refractivity contribution in [3.05, 3.63) is 70.7 Å². The number of hydrogen-bond donors (Lipinski definition) is 2. The maximum atomic E-state index is 12.8. The van der Waals surface area contributed by atoms with Crippen molar-refractivity contribution in [3.63, 3.8) is 0 Å². The first kappa shape index (κ1) is 24.1. The van der Waals surface area contributed by atoms with Gasteiger partial charge >= 0.3 is 11.8 Å². The highest BCUT2D eigenvalue weighted by Gasteiger charge is 2.22. The third-order valence-corrected chi connectivity index (χ3v) is 5.34. The fraction of sp³-hybridized carbons (Fsp3) is 0.217. The first-order valence-corrected chi connectivity index (χ1v) is 10.9. The average molecular weight is 515 g/mol. The van der Waals surface area contributed by atoms with E-state index in [-0.39, 0.29) is 11.6 Å². The normalized spacial score (nSPS) is 13.4. The number of carbonyl (C=O) groups excluding carboxylic acids is 3. The minimum Gasteiger partial charge on any atom is -0.490 e. The fourth-order valence-corrected chi connectivity index (χ4v) is 3.32. The van der Waals surface area contributed by atoms with Crippen LogP contribution in [0.4, 0.5) is 5.69 Å². The first-order valence-electron chi connectivity index (χ1n) is 10.1. The van der Waals surface area contributed by atoms with Crippen molar-refractivity contribution >= 4 is 45.6 Å². The number of anilines is 1. The second-order valence-electron chi connectivity index (χ2n) is 6.89. The molecule has 10 heteroatoms. The van der Waals surface area contributed by atoms with Crippen LogP contribution in [0, 0.1) is 0 Å². The number of halogens is 1. The van der Waals surface area contributed by atoms with Gasteiger partial charge in [0, 0.05) is 23.1 Å². The fourth-order valence-electron chi connectivity index (χ4n) is 2.97. The van der Waals surface area contributed by atoms with Crippen LogP contribution >= 0.6 is 15.9 Å². The molecule has 2 aromatic carbocycles. The molecule has 0 spiro atoms. The first-order chi connectivity index (χ1) is 16.0. The van der Waals surface area contributed by atoms with Gasteiger partial charge in [-0.05, 0) is 30.3 Å². The molecule has 2 N–H and O–H groups in total. The monoisotopic (exact) mass is 514 g/mol. The minimum atomic E-state index is -0.977. The van der Waals surface area contributed by atoms with Crippen LogP contribution in [0.2, 0.25) is 0 Å². The van der Waals surface area contributed by atoms with Crippen molar-refractivity contribution < 1.29 is 23.9 Å². The molecule has 3 amide bonds. The summed E-state index contributed by atoms with van der Waals surface area (Å²) < 4.78 is 11.5. The molecule has 0 aliphatic carbocycles. The number of carbonyl (C=O) groups is 3. The number of para-hydroxylation sites is 1. The highest BCUT2D eigenvalue weighted by Crippen LogP contribution is 2.21. The molecule has 172 valence electrons. The van der Waals surface area contributed by atoms with Gasteiger partial charge in [-0.1, -0.05) is 40.7 Å². The third kappa shape index (κ3) is 6.74. The van der Waals surface area contributed by atoms with E-state index in [2.05, 4.69) is 38.4 Å². The molecule has 33 heavy (non-hydrogen) atoms. The van der Waals surface area contributed by atoms with Crippen LogP contribution in [-0.4, -0.2) is 61.7 Å². The summed E-state index contributed by atoms with van der Waals surface area (Å²) in [6.07, 6.45) is 3.01. The maximum Gasteiger partial charge on any atom is 0.329 e. The van der Waals surface area contributed by atoms with E-state index >= 15 is 0 Å². The Bertz CT molecular complexity index is 1070. The van der Waals surface area contributed by atoms with Gasteiger partial charge < -0.3 is 19.7 Å². The molecule has 0 radical (unpaired) electrons. The molecule has 1 heterocycles. The quantitative estimate of drug-likeness (QED) is 0.255. The zero-order chi connectivity index (χ0) is 23.6. The van der Waals surface area contributed by atoms with E-state index in [1.165, 1.54) is 6.21 Å². The topological polar surface area (TPSA) is 109 Å². The summed E-state index contributed by atoms with van der Waals surface area (Å²) in [6.45, 7) is 5.79. The molecule has 9 nitrogen and oxygen atoms in total. The second-order valence-corrected chi connectivity index (χ2v) is 7.74. The molecule has 0 saturated carbocycles. The molecular formula is C23H23BrN4O5. The lowest BCUT2D eigenvalue weighted by Gasteiger charge is -2.27. The molecule has 0 aromatic heterocycles. The zero-order valence-electron chi connectivity index (χ0n) is 17.8. The van der Waals surface area contributed by atoms with Crippen LogP contribution in [0.15, 0.2) is 64.7 Å². The van der Waals surface area contributed by atoms with Gasteiger partial charge in [0.15, 0.2) is 0 Å². The molecule has 1 saturated heterocycles. The van der Waals surface area contributed by atoms with Crippen molar-refractivity contribution in [1.29, 1.82) is 0 Å².